The van der Waals surface area contributed by atoms with Gasteiger partial charge in [-0.2, -0.15) is 0 Å². The summed E-state index contributed by atoms with van der Waals surface area (Å²) in [6.07, 6.45) is 4.88. The number of nitrogens with one attached hydrogen (secondary N) is 1. The number of nitrogens with zero attached hydrogens (tertiary/aromatic N) is 1. The Labute approximate surface area is 209 Å². The van der Waals surface area contributed by atoms with E-state index in [1.807, 2.05) is 29.2 Å². The molecule has 7 heteroatoms. The van der Waals surface area contributed by atoms with E-state index < -0.39 is 29.5 Å². The van der Waals surface area contributed by atoms with E-state index in [4.69, 9.17) is 4.74 Å². The van der Waals surface area contributed by atoms with Gasteiger partial charge in [-0.05, 0) is 54.3 Å². The summed E-state index contributed by atoms with van der Waals surface area (Å²) in [5, 5.41) is 2.67. The van der Waals surface area contributed by atoms with Gasteiger partial charge >= 0.3 is 0 Å². The van der Waals surface area contributed by atoms with E-state index in [9.17, 15) is 18.4 Å². The summed E-state index contributed by atoms with van der Waals surface area (Å²) in [7, 11) is 1.58. The summed E-state index contributed by atoms with van der Waals surface area (Å²) in [5.41, 5.74) is 1.76. The lowest BCUT2D eigenvalue weighted by Gasteiger charge is -2.46. The van der Waals surface area contributed by atoms with Crippen molar-refractivity contribution < 1.29 is 23.1 Å². The van der Waals surface area contributed by atoms with Crippen LogP contribution in [0.15, 0.2) is 66.7 Å². The number of carbonyl (C=O) groups excluding carboxylic acids is 2. The standard InChI is InChI=1S/C29H28F2N2O3/c1-36-21-14-11-18(12-15-21)27-26(28(34)32-25-16-13-19(30)17-24(25)31)22-9-5-6-10-23(22)29(35)33(27)20-7-3-2-4-8-20/h5-6,9-17,20,26-27H,2-4,7-8H2,1H3,(H,32,34)/t26-,27+/m1/s1. The van der Waals surface area contributed by atoms with Crippen molar-refractivity contribution in [2.24, 2.45) is 0 Å². The highest BCUT2D eigenvalue weighted by Gasteiger charge is 2.46. The number of amides is 2. The molecule has 0 spiro atoms. The summed E-state index contributed by atoms with van der Waals surface area (Å²) in [6.45, 7) is 0. The number of halogens is 2. The molecule has 36 heavy (non-hydrogen) atoms. The molecule has 5 rings (SSSR count). The van der Waals surface area contributed by atoms with Crippen molar-refractivity contribution in [3.63, 3.8) is 0 Å². The third-order valence-electron chi connectivity index (χ3n) is 7.27. The van der Waals surface area contributed by atoms with E-state index in [-0.39, 0.29) is 17.6 Å². The third-order valence-corrected chi connectivity index (χ3v) is 7.27. The Kier molecular flexibility index (Phi) is 6.72. The van der Waals surface area contributed by atoms with Crippen molar-refractivity contribution in [1.29, 1.82) is 0 Å². The Bertz CT molecular complexity index is 1270. The van der Waals surface area contributed by atoms with Crippen LogP contribution in [0.3, 0.4) is 0 Å². The highest BCUT2D eigenvalue weighted by molar-refractivity contribution is 6.04. The molecule has 0 aromatic heterocycles. The van der Waals surface area contributed by atoms with Crippen molar-refractivity contribution >= 4 is 17.5 Å². The minimum Gasteiger partial charge on any atom is -0.497 e. The number of fused-ring (bicyclic) bond motifs is 1. The molecule has 1 fully saturated rings. The Morgan fingerprint density at radius 3 is 2.39 bits per heavy atom. The zero-order chi connectivity index (χ0) is 25.2. The summed E-state index contributed by atoms with van der Waals surface area (Å²) in [6, 6.07) is 16.9. The van der Waals surface area contributed by atoms with Gasteiger partial charge < -0.3 is 15.0 Å². The number of ether oxygens (including phenoxy) is 1. The highest BCUT2D eigenvalue weighted by Crippen LogP contribution is 2.46. The topological polar surface area (TPSA) is 58.6 Å². The number of anilines is 1. The Morgan fingerprint density at radius 1 is 0.972 bits per heavy atom. The quantitative estimate of drug-likeness (QED) is 0.462. The zero-order valence-corrected chi connectivity index (χ0v) is 20.0. The monoisotopic (exact) mass is 490 g/mol. The van der Waals surface area contributed by atoms with Gasteiger partial charge in [0.25, 0.3) is 5.91 Å². The van der Waals surface area contributed by atoms with Crippen LogP contribution in [0.2, 0.25) is 0 Å². The zero-order valence-electron chi connectivity index (χ0n) is 20.0. The van der Waals surface area contributed by atoms with Crippen LogP contribution < -0.4 is 10.1 Å². The molecular formula is C29H28F2N2O3. The average Bonchev–Trinajstić information content (AvgIpc) is 2.90. The molecule has 1 heterocycles. The van der Waals surface area contributed by atoms with Gasteiger partial charge in [0.1, 0.15) is 17.4 Å². The summed E-state index contributed by atoms with van der Waals surface area (Å²) >= 11 is 0. The summed E-state index contributed by atoms with van der Waals surface area (Å²) < 4.78 is 33.3. The number of hydrogen-bond donors (Lipinski definition) is 1. The van der Waals surface area contributed by atoms with Crippen LogP contribution in [0, 0.1) is 11.6 Å². The maximum atomic E-state index is 14.5. The van der Waals surface area contributed by atoms with E-state index in [0.717, 1.165) is 49.8 Å². The molecule has 0 unspecified atom stereocenters. The second-order valence-electron chi connectivity index (χ2n) is 9.40. The van der Waals surface area contributed by atoms with Crippen molar-refractivity contribution in [3.8, 4) is 5.75 Å². The highest BCUT2D eigenvalue weighted by atomic mass is 19.1. The molecule has 1 aliphatic heterocycles. The molecule has 3 aromatic rings. The fraction of sp³-hybridized carbons (Fsp3) is 0.310. The predicted octanol–water partition coefficient (Wildman–Crippen LogP) is 6.23. The predicted molar refractivity (Wildman–Crippen MR) is 133 cm³/mol. The first-order valence-corrected chi connectivity index (χ1v) is 12.3. The van der Waals surface area contributed by atoms with Gasteiger partial charge in [-0.1, -0.05) is 49.6 Å². The van der Waals surface area contributed by atoms with Gasteiger partial charge in [-0.15, -0.1) is 0 Å². The smallest absolute Gasteiger partial charge is 0.254 e. The van der Waals surface area contributed by atoms with E-state index >= 15 is 0 Å². The van der Waals surface area contributed by atoms with E-state index in [1.165, 1.54) is 6.07 Å². The van der Waals surface area contributed by atoms with Crippen LogP contribution in [0.25, 0.3) is 0 Å². The summed E-state index contributed by atoms with van der Waals surface area (Å²) in [5.74, 6) is -2.26. The SMILES string of the molecule is COc1ccc([C@H]2[C@H](C(=O)Nc3ccc(F)cc3F)c3ccccc3C(=O)N2C2CCCCC2)cc1. The number of rotatable bonds is 5. The molecule has 186 valence electrons. The first kappa shape index (κ1) is 24.0. The average molecular weight is 491 g/mol. The Balaban J connectivity index is 1.64. The Morgan fingerprint density at radius 2 is 1.69 bits per heavy atom. The molecule has 5 nitrogen and oxygen atoms in total. The van der Waals surface area contributed by atoms with Gasteiger partial charge in [0.05, 0.1) is 24.8 Å². The number of carbonyl (C=O) groups is 2. The number of methoxy groups -OCH3 is 1. The largest absolute Gasteiger partial charge is 0.497 e. The molecular weight excluding hydrogens is 462 g/mol. The van der Waals surface area contributed by atoms with Crippen molar-refractivity contribution in [1.82, 2.24) is 4.90 Å². The molecule has 2 atom stereocenters. The van der Waals surface area contributed by atoms with Gasteiger partial charge in [0.15, 0.2) is 0 Å². The second-order valence-corrected chi connectivity index (χ2v) is 9.40. The van der Waals surface area contributed by atoms with Crippen LogP contribution in [-0.4, -0.2) is 29.9 Å². The third kappa shape index (κ3) is 4.45. The van der Waals surface area contributed by atoms with Gasteiger partial charge in [0, 0.05) is 17.7 Å². The first-order valence-electron chi connectivity index (χ1n) is 12.3. The molecule has 3 aromatic carbocycles. The lowest BCUT2D eigenvalue weighted by molar-refractivity contribution is -0.119. The van der Waals surface area contributed by atoms with Crippen LogP contribution in [0.1, 0.15) is 65.5 Å². The van der Waals surface area contributed by atoms with E-state index in [1.54, 1.807) is 31.4 Å². The van der Waals surface area contributed by atoms with E-state index in [2.05, 4.69) is 5.32 Å². The van der Waals surface area contributed by atoms with Crippen molar-refractivity contribution in [2.75, 3.05) is 12.4 Å². The van der Waals surface area contributed by atoms with Crippen LogP contribution in [-0.2, 0) is 4.79 Å². The van der Waals surface area contributed by atoms with Crippen molar-refractivity contribution in [3.05, 3.63) is 95.1 Å². The van der Waals surface area contributed by atoms with Gasteiger partial charge in [-0.3, -0.25) is 9.59 Å². The first-order chi connectivity index (χ1) is 17.5. The lowest BCUT2D eigenvalue weighted by Crippen LogP contribution is -2.51. The second kappa shape index (κ2) is 10.1. The minimum atomic E-state index is -0.853. The molecule has 1 saturated carbocycles. The molecule has 1 N–H and O–H groups in total. The van der Waals surface area contributed by atoms with Crippen molar-refractivity contribution in [2.45, 2.75) is 50.1 Å². The van der Waals surface area contributed by atoms with Gasteiger partial charge in [0.2, 0.25) is 5.91 Å². The molecule has 2 aliphatic rings. The summed E-state index contributed by atoms with van der Waals surface area (Å²) in [4.78, 5) is 29.7. The minimum absolute atomic E-state index is 0.00966. The fourth-order valence-corrected chi connectivity index (χ4v) is 5.55. The maximum Gasteiger partial charge on any atom is 0.254 e. The lowest BCUT2D eigenvalue weighted by atomic mass is 9.77. The van der Waals surface area contributed by atoms with Gasteiger partial charge in [-0.25, -0.2) is 8.78 Å². The maximum absolute atomic E-state index is 14.5. The van der Waals surface area contributed by atoms with E-state index in [0.29, 0.717) is 16.9 Å². The number of hydrogen-bond acceptors (Lipinski definition) is 3. The number of benzene rings is 3. The normalized spacial score (nSPS) is 20.1. The fourth-order valence-electron chi connectivity index (χ4n) is 5.55. The molecule has 0 saturated heterocycles. The molecule has 2 amide bonds. The van der Waals surface area contributed by atoms with Crippen LogP contribution >= 0.6 is 0 Å². The molecule has 0 bridgehead atoms. The Hall–Kier alpha value is -3.74. The molecule has 0 radical (unpaired) electrons. The van der Waals surface area contributed by atoms with Crippen LogP contribution in [0.5, 0.6) is 5.75 Å². The van der Waals surface area contributed by atoms with Crippen LogP contribution in [0.4, 0.5) is 14.5 Å². The molecule has 1 aliphatic carbocycles.